The molecule has 0 unspecified atom stereocenters. The summed E-state index contributed by atoms with van der Waals surface area (Å²) in [5.41, 5.74) is 0.612. The number of amides is 1. The molecule has 0 atom stereocenters. The fraction of sp³-hybridized carbons (Fsp3) is 0.211. The predicted octanol–water partition coefficient (Wildman–Crippen LogP) is 3.65. The van der Waals surface area contributed by atoms with Crippen molar-refractivity contribution in [3.05, 3.63) is 64.0 Å². The maximum atomic E-state index is 13.3. The number of carbonyl (C=O) groups is 1. The number of carbonyl (C=O) groups excluding carboxylic acids is 1. The minimum Gasteiger partial charge on any atom is -0.342 e. The Labute approximate surface area is 179 Å². The minimum atomic E-state index is -0.426. The molecule has 1 aliphatic rings. The number of hydrogen-bond donors (Lipinski definition) is 2. The molecule has 0 spiro atoms. The fourth-order valence-corrected chi connectivity index (χ4v) is 4.14. The second-order valence-electron chi connectivity index (χ2n) is 6.85. The smallest absolute Gasteiger partial charge is 0.291 e. The van der Waals surface area contributed by atoms with E-state index in [1.165, 1.54) is 23.5 Å². The summed E-state index contributed by atoms with van der Waals surface area (Å²) in [7, 11) is 0. The van der Waals surface area contributed by atoms with Crippen molar-refractivity contribution in [1.29, 1.82) is 0 Å². The summed E-state index contributed by atoms with van der Waals surface area (Å²) in [5.74, 6) is 0.438. The van der Waals surface area contributed by atoms with Crippen molar-refractivity contribution >= 4 is 29.5 Å². The summed E-state index contributed by atoms with van der Waals surface area (Å²) in [5, 5.41) is 16.1. The van der Waals surface area contributed by atoms with Crippen LogP contribution in [0.3, 0.4) is 0 Å². The van der Waals surface area contributed by atoms with Crippen molar-refractivity contribution in [1.82, 2.24) is 34.8 Å². The number of H-pyrrole nitrogens is 1. The lowest BCUT2D eigenvalue weighted by Crippen LogP contribution is -2.26. The van der Waals surface area contributed by atoms with Gasteiger partial charge in [-0.2, -0.15) is 5.10 Å². The Morgan fingerprint density at radius 1 is 1.30 bits per heavy atom. The van der Waals surface area contributed by atoms with Gasteiger partial charge in [0, 0.05) is 6.04 Å². The van der Waals surface area contributed by atoms with Crippen molar-refractivity contribution in [3.8, 4) is 16.4 Å². The molecule has 11 heteroatoms. The molecule has 1 fully saturated rings. The predicted molar refractivity (Wildman–Crippen MR) is 111 cm³/mol. The van der Waals surface area contributed by atoms with E-state index in [4.69, 9.17) is 12.2 Å². The molecule has 30 heavy (non-hydrogen) atoms. The van der Waals surface area contributed by atoms with Crippen molar-refractivity contribution in [2.24, 2.45) is 0 Å². The molecule has 5 rings (SSSR count). The van der Waals surface area contributed by atoms with E-state index in [1.54, 1.807) is 16.8 Å². The summed E-state index contributed by atoms with van der Waals surface area (Å²) in [6.45, 7) is 0.210. The average Bonchev–Trinajstić information content (AvgIpc) is 3.14. The van der Waals surface area contributed by atoms with Gasteiger partial charge in [0.25, 0.3) is 5.91 Å². The van der Waals surface area contributed by atoms with Crippen LogP contribution in [0.2, 0.25) is 0 Å². The topological polar surface area (TPSA) is 93.4 Å². The number of aromatic amines is 1. The van der Waals surface area contributed by atoms with Gasteiger partial charge in [-0.15, -0.1) is 16.4 Å². The molecule has 0 bridgehead atoms. The number of rotatable bonds is 6. The Morgan fingerprint density at radius 2 is 2.10 bits per heavy atom. The van der Waals surface area contributed by atoms with E-state index in [0.717, 1.165) is 17.7 Å². The van der Waals surface area contributed by atoms with E-state index in [-0.39, 0.29) is 18.2 Å². The highest BCUT2D eigenvalue weighted by Gasteiger charge is 2.27. The van der Waals surface area contributed by atoms with Crippen LogP contribution in [-0.4, -0.2) is 35.4 Å². The average molecular weight is 442 g/mol. The van der Waals surface area contributed by atoms with Crippen LogP contribution in [0.1, 0.15) is 35.3 Å². The van der Waals surface area contributed by atoms with Crippen LogP contribution in [0.15, 0.2) is 41.8 Å². The normalized spacial score (nSPS) is 13.5. The quantitative estimate of drug-likeness (QED) is 0.446. The van der Waals surface area contributed by atoms with E-state index in [2.05, 4.69) is 25.6 Å². The van der Waals surface area contributed by atoms with Crippen molar-refractivity contribution in [2.75, 3.05) is 0 Å². The molecular weight excluding hydrogens is 425 g/mol. The van der Waals surface area contributed by atoms with Crippen molar-refractivity contribution in [2.45, 2.75) is 25.4 Å². The Balaban J connectivity index is 1.43. The Kier molecular flexibility index (Phi) is 4.75. The van der Waals surface area contributed by atoms with Gasteiger partial charge in [0.2, 0.25) is 5.82 Å². The molecule has 1 saturated carbocycles. The lowest BCUT2D eigenvalue weighted by molar-refractivity contribution is 0.0939. The van der Waals surface area contributed by atoms with Crippen molar-refractivity contribution in [3.63, 3.8) is 0 Å². The molecule has 0 aliphatic heterocycles. The van der Waals surface area contributed by atoms with Crippen LogP contribution >= 0.6 is 23.6 Å². The van der Waals surface area contributed by atoms with Gasteiger partial charge < -0.3 is 5.32 Å². The third-order valence-electron chi connectivity index (χ3n) is 4.72. The van der Waals surface area contributed by atoms with Gasteiger partial charge in [-0.05, 0) is 60.8 Å². The van der Waals surface area contributed by atoms with Crippen LogP contribution in [0.25, 0.3) is 16.4 Å². The largest absolute Gasteiger partial charge is 0.342 e. The monoisotopic (exact) mass is 441 g/mol. The molecule has 0 saturated heterocycles. The second kappa shape index (κ2) is 7.58. The Bertz CT molecular complexity index is 1250. The van der Waals surface area contributed by atoms with Crippen molar-refractivity contribution < 1.29 is 9.18 Å². The van der Waals surface area contributed by atoms with Gasteiger partial charge in [-0.1, -0.05) is 6.07 Å². The zero-order chi connectivity index (χ0) is 20.7. The summed E-state index contributed by atoms with van der Waals surface area (Å²) in [6.07, 6.45) is 2.12. The van der Waals surface area contributed by atoms with Crippen LogP contribution < -0.4 is 5.32 Å². The summed E-state index contributed by atoms with van der Waals surface area (Å²) < 4.78 is 17.4. The van der Waals surface area contributed by atoms with Gasteiger partial charge in [-0.25, -0.2) is 14.1 Å². The van der Waals surface area contributed by atoms with E-state index >= 15 is 0 Å². The molecule has 1 aliphatic carbocycles. The number of benzene rings is 1. The maximum Gasteiger partial charge on any atom is 0.291 e. The van der Waals surface area contributed by atoms with Crippen LogP contribution in [0.5, 0.6) is 0 Å². The maximum absolute atomic E-state index is 13.3. The first-order valence-corrected chi connectivity index (χ1v) is 10.6. The minimum absolute atomic E-state index is 0.0230. The third kappa shape index (κ3) is 3.57. The van der Waals surface area contributed by atoms with Gasteiger partial charge in [-0.3, -0.25) is 14.5 Å². The summed E-state index contributed by atoms with van der Waals surface area (Å²) in [6, 6.07) is 10.0. The first kappa shape index (κ1) is 18.8. The van der Waals surface area contributed by atoms with E-state index < -0.39 is 5.91 Å². The van der Waals surface area contributed by atoms with Gasteiger partial charge in [0.05, 0.1) is 17.1 Å². The van der Waals surface area contributed by atoms with E-state index in [1.807, 2.05) is 22.1 Å². The van der Waals surface area contributed by atoms with Gasteiger partial charge in [0.15, 0.2) is 16.4 Å². The van der Waals surface area contributed by atoms with E-state index in [0.29, 0.717) is 28.1 Å². The molecule has 8 nitrogen and oxygen atoms in total. The number of aromatic nitrogens is 6. The first-order valence-electron chi connectivity index (χ1n) is 9.31. The molecule has 2 N–H and O–H groups in total. The number of halogens is 1. The molecule has 3 aromatic heterocycles. The van der Waals surface area contributed by atoms with E-state index in [9.17, 15) is 9.18 Å². The number of nitrogens with zero attached hydrogens (tertiary/aromatic N) is 5. The molecular formula is C19H16FN7OS2. The molecule has 1 aromatic carbocycles. The fourth-order valence-electron chi connectivity index (χ4n) is 3.15. The highest BCUT2D eigenvalue weighted by atomic mass is 32.1. The molecule has 3 heterocycles. The molecule has 4 aromatic rings. The number of hydrogen-bond acceptors (Lipinski definition) is 6. The summed E-state index contributed by atoms with van der Waals surface area (Å²) in [4.78, 5) is 18.1. The summed E-state index contributed by atoms with van der Waals surface area (Å²) >= 11 is 6.75. The van der Waals surface area contributed by atoms with Crippen LogP contribution in [0.4, 0.5) is 4.39 Å². The SMILES string of the molecule is O=C(NCc1n[nH]c(=S)n1C1CC1)c1nc(-c2cccs2)n(-c2ccc(F)cc2)n1. The second-order valence-corrected chi connectivity index (χ2v) is 8.19. The third-order valence-corrected chi connectivity index (χ3v) is 5.87. The highest BCUT2D eigenvalue weighted by Crippen LogP contribution is 2.35. The van der Waals surface area contributed by atoms with Crippen LogP contribution in [-0.2, 0) is 6.54 Å². The lowest BCUT2D eigenvalue weighted by atomic mass is 10.3. The zero-order valence-corrected chi connectivity index (χ0v) is 17.2. The Hall–Kier alpha value is -3.18. The Morgan fingerprint density at radius 3 is 2.80 bits per heavy atom. The number of thiophene rings is 1. The highest BCUT2D eigenvalue weighted by molar-refractivity contribution is 7.71. The van der Waals surface area contributed by atoms with Gasteiger partial charge in [0.1, 0.15) is 5.82 Å². The standard InChI is InChI=1S/C19H16FN7OS2/c20-11-3-5-13(6-4-11)27-17(14-2-1-9-30-14)22-16(25-27)18(28)21-10-15-23-24-19(29)26(15)12-7-8-12/h1-6,9,12H,7-8,10H2,(H,21,28)(H,24,29). The zero-order valence-electron chi connectivity index (χ0n) is 15.6. The van der Waals surface area contributed by atoms with Crippen LogP contribution in [0, 0.1) is 10.6 Å². The number of nitrogens with one attached hydrogen (secondary N) is 2. The molecule has 1 amide bonds. The molecule has 0 radical (unpaired) electrons. The molecule has 152 valence electrons. The first-order chi connectivity index (χ1) is 14.6. The lowest BCUT2D eigenvalue weighted by Gasteiger charge is -2.05. The van der Waals surface area contributed by atoms with Gasteiger partial charge >= 0.3 is 0 Å².